The monoisotopic (exact) mass is 316 g/mol. The molecule has 0 fully saturated rings. The number of nitrogens with zero attached hydrogens (tertiary/aromatic N) is 1. The van der Waals surface area contributed by atoms with Crippen LogP contribution in [-0.2, 0) is 4.79 Å². The second-order valence-electron chi connectivity index (χ2n) is 4.99. The molecule has 1 amide bonds. The Labute approximate surface area is 131 Å². The number of carbonyl (C=O) groups is 1. The minimum atomic E-state index is -0.0189. The van der Waals surface area contributed by atoms with Gasteiger partial charge in [-0.1, -0.05) is 62.2 Å². The van der Waals surface area contributed by atoms with Crippen molar-refractivity contribution in [2.45, 2.75) is 58.8 Å². The average Bonchev–Trinajstić information content (AvgIpc) is 2.38. The van der Waals surface area contributed by atoms with Crippen molar-refractivity contribution >= 4 is 34.8 Å². The lowest BCUT2D eigenvalue weighted by molar-refractivity contribution is -0.116. The number of anilines is 1. The molecule has 1 aromatic heterocycles. The summed E-state index contributed by atoms with van der Waals surface area (Å²) >= 11 is 11.8. The third kappa shape index (κ3) is 6.10. The molecule has 1 aromatic rings. The molecule has 0 spiro atoms. The molecule has 0 bridgehead atoms. The predicted octanol–water partition coefficient (Wildman–Crippen LogP) is 5.39. The van der Waals surface area contributed by atoms with Crippen molar-refractivity contribution < 1.29 is 4.79 Å². The summed E-state index contributed by atoms with van der Waals surface area (Å²) in [5, 5.41) is 3.39. The van der Waals surface area contributed by atoms with Crippen LogP contribution in [-0.4, -0.2) is 10.9 Å². The van der Waals surface area contributed by atoms with Crippen LogP contribution in [0.4, 0.5) is 5.69 Å². The molecule has 3 nitrogen and oxygen atoms in total. The zero-order chi connectivity index (χ0) is 15.0. The Morgan fingerprint density at radius 3 is 2.50 bits per heavy atom. The summed E-state index contributed by atoms with van der Waals surface area (Å²) in [7, 11) is 0. The number of carbonyl (C=O) groups excluding carboxylic acids is 1. The highest BCUT2D eigenvalue weighted by atomic mass is 35.5. The SMILES string of the molecule is CCCCCCCCC(=O)Nc1c(C)cc(Cl)nc1Cl. The Morgan fingerprint density at radius 2 is 1.85 bits per heavy atom. The van der Waals surface area contributed by atoms with E-state index in [0.717, 1.165) is 18.4 Å². The third-order valence-electron chi connectivity index (χ3n) is 3.16. The summed E-state index contributed by atoms with van der Waals surface area (Å²) in [5.74, 6) is -0.0189. The van der Waals surface area contributed by atoms with E-state index >= 15 is 0 Å². The van der Waals surface area contributed by atoms with E-state index in [0.29, 0.717) is 17.3 Å². The molecule has 0 aromatic carbocycles. The predicted molar refractivity (Wildman–Crippen MR) is 85.6 cm³/mol. The number of nitrogens with one attached hydrogen (secondary N) is 1. The van der Waals surface area contributed by atoms with Crippen LogP contribution in [0.25, 0.3) is 0 Å². The van der Waals surface area contributed by atoms with Crippen LogP contribution in [0.3, 0.4) is 0 Å². The van der Waals surface area contributed by atoms with Gasteiger partial charge in [-0.3, -0.25) is 4.79 Å². The molecule has 0 radical (unpaired) electrons. The van der Waals surface area contributed by atoms with Crippen molar-refractivity contribution in [3.63, 3.8) is 0 Å². The fraction of sp³-hybridized carbons (Fsp3) is 0.600. The average molecular weight is 317 g/mol. The molecule has 1 heterocycles. The van der Waals surface area contributed by atoms with Gasteiger partial charge in [0.25, 0.3) is 0 Å². The summed E-state index contributed by atoms with van der Waals surface area (Å²) in [6, 6.07) is 1.69. The Balaban J connectivity index is 2.36. The molecule has 1 N–H and O–H groups in total. The smallest absolute Gasteiger partial charge is 0.224 e. The Kier molecular flexibility index (Phi) is 7.93. The highest BCUT2D eigenvalue weighted by Gasteiger charge is 2.10. The maximum atomic E-state index is 11.9. The number of pyridine rings is 1. The Hall–Kier alpha value is -0.800. The fourth-order valence-electron chi connectivity index (χ4n) is 2.01. The van der Waals surface area contributed by atoms with Crippen LogP contribution in [0, 0.1) is 6.92 Å². The summed E-state index contributed by atoms with van der Waals surface area (Å²) in [5.41, 5.74) is 1.39. The number of aryl methyl sites for hydroxylation is 1. The summed E-state index contributed by atoms with van der Waals surface area (Å²) in [6.45, 7) is 4.04. The maximum Gasteiger partial charge on any atom is 0.224 e. The lowest BCUT2D eigenvalue weighted by atomic mass is 10.1. The van der Waals surface area contributed by atoms with E-state index in [4.69, 9.17) is 23.2 Å². The normalized spacial score (nSPS) is 10.6. The quantitative estimate of drug-likeness (QED) is 0.516. The topological polar surface area (TPSA) is 42.0 Å². The van der Waals surface area contributed by atoms with E-state index in [9.17, 15) is 4.79 Å². The summed E-state index contributed by atoms with van der Waals surface area (Å²) in [4.78, 5) is 15.8. The van der Waals surface area contributed by atoms with E-state index in [-0.39, 0.29) is 11.1 Å². The van der Waals surface area contributed by atoms with Crippen LogP contribution in [0.2, 0.25) is 10.3 Å². The van der Waals surface area contributed by atoms with E-state index in [1.54, 1.807) is 6.07 Å². The number of hydrogen-bond donors (Lipinski definition) is 1. The highest BCUT2D eigenvalue weighted by molar-refractivity contribution is 6.34. The minimum absolute atomic E-state index is 0.0189. The zero-order valence-corrected chi connectivity index (χ0v) is 13.7. The molecule has 20 heavy (non-hydrogen) atoms. The Morgan fingerprint density at radius 1 is 1.20 bits per heavy atom. The van der Waals surface area contributed by atoms with Crippen molar-refractivity contribution in [3.05, 3.63) is 21.9 Å². The van der Waals surface area contributed by atoms with Gasteiger partial charge in [-0.25, -0.2) is 4.98 Å². The first kappa shape index (κ1) is 17.3. The molecule has 112 valence electrons. The number of aromatic nitrogens is 1. The van der Waals surface area contributed by atoms with Crippen LogP contribution in [0.15, 0.2) is 6.07 Å². The number of halogens is 2. The molecule has 0 aliphatic carbocycles. The highest BCUT2D eigenvalue weighted by Crippen LogP contribution is 2.26. The molecule has 0 unspecified atom stereocenters. The van der Waals surface area contributed by atoms with Gasteiger partial charge in [0, 0.05) is 6.42 Å². The lowest BCUT2D eigenvalue weighted by Crippen LogP contribution is -2.13. The molecular formula is C15H22Cl2N2O. The largest absolute Gasteiger partial charge is 0.323 e. The first-order valence-corrected chi connectivity index (χ1v) is 7.92. The second-order valence-corrected chi connectivity index (χ2v) is 5.74. The van der Waals surface area contributed by atoms with Gasteiger partial charge in [0.2, 0.25) is 5.91 Å². The molecular weight excluding hydrogens is 295 g/mol. The van der Waals surface area contributed by atoms with E-state index < -0.39 is 0 Å². The molecule has 5 heteroatoms. The summed E-state index contributed by atoms with van der Waals surface area (Å²) in [6.07, 6.45) is 7.49. The zero-order valence-electron chi connectivity index (χ0n) is 12.1. The van der Waals surface area contributed by atoms with Crippen LogP contribution < -0.4 is 5.32 Å². The Bertz CT molecular complexity index is 426. The summed E-state index contributed by atoms with van der Waals surface area (Å²) < 4.78 is 0. The molecule has 0 saturated heterocycles. The standard InChI is InChI=1S/C15H22Cl2N2O/c1-3-4-5-6-7-8-9-13(20)19-14-11(2)10-12(16)18-15(14)17/h10H,3-9H2,1-2H3,(H,19,20). The van der Waals surface area contributed by atoms with Crippen molar-refractivity contribution in [1.82, 2.24) is 4.98 Å². The number of hydrogen-bond acceptors (Lipinski definition) is 2. The number of rotatable bonds is 8. The number of unbranched alkanes of at least 4 members (excludes halogenated alkanes) is 5. The second kappa shape index (κ2) is 9.19. The van der Waals surface area contributed by atoms with E-state index in [1.165, 1.54) is 25.7 Å². The van der Waals surface area contributed by atoms with Crippen LogP contribution in [0.1, 0.15) is 57.4 Å². The van der Waals surface area contributed by atoms with Gasteiger partial charge >= 0.3 is 0 Å². The van der Waals surface area contributed by atoms with Crippen molar-refractivity contribution in [1.29, 1.82) is 0 Å². The van der Waals surface area contributed by atoms with Crippen molar-refractivity contribution in [3.8, 4) is 0 Å². The first-order valence-electron chi connectivity index (χ1n) is 7.17. The van der Waals surface area contributed by atoms with E-state index in [1.807, 2.05) is 6.92 Å². The van der Waals surface area contributed by atoms with Gasteiger partial charge in [0.1, 0.15) is 5.15 Å². The van der Waals surface area contributed by atoms with Gasteiger partial charge in [-0.05, 0) is 25.0 Å². The third-order valence-corrected chi connectivity index (χ3v) is 3.63. The molecule has 0 saturated carbocycles. The molecule has 0 atom stereocenters. The van der Waals surface area contributed by atoms with Gasteiger partial charge in [0.15, 0.2) is 5.15 Å². The van der Waals surface area contributed by atoms with Gasteiger partial charge in [-0.15, -0.1) is 0 Å². The van der Waals surface area contributed by atoms with Gasteiger partial charge in [-0.2, -0.15) is 0 Å². The minimum Gasteiger partial charge on any atom is -0.323 e. The maximum absolute atomic E-state index is 11.9. The lowest BCUT2D eigenvalue weighted by Gasteiger charge is -2.10. The van der Waals surface area contributed by atoms with Crippen molar-refractivity contribution in [2.75, 3.05) is 5.32 Å². The molecule has 1 rings (SSSR count). The van der Waals surface area contributed by atoms with Crippen LogP contribution >= 0.6 is 23.2 Å². The van der Waals surface area contributed by atoms with Crippen molar-refractivity contribution in [2.24, 2.45) is 0 Å². The van der Waals surface area contributed by atoms with Gasteiger partial charge in [0.05, 0.1) is 5.69 Å². The number of amides is 1. The molecule has 0 aliphatic heterocycles. The van der Waals surface area contributed by atoms with Crippen LogP contribution in [0.5, 0.6) is 0 Å². The fourth-order valence-corrected chi connectivity index (χ4v) is 2.59. The molecule has 0 aliphatic rings. The van der Waals surface area contributed by atoms with E-state index in [2.05, 4.69) is 17.2 Å². The first-order chi connectivity index (χ1) is 9.54. The van der Waals surface area contributed by atoms with Gasteiger partial charge < -0.3 is 5.32 Å².